The van der Waals surface area contributed by atoms with E-state index >= 15 is 0 Å². The van der Waals surface area contributed by atoms with Crippen molar-refractivity contribution in [2.45, 2.75) is 44.9 Å². The summed E-state index contributed by atoms with van der Waals surface area (Å²) in [5.74, 6) is 3.83. The first-order valence-electron chi connectivity index (χ1n) is 11.5. The number of aryl methyl sites for hydroxylation is 2. The molecule has 3 aromatic rings. The van der Waals surface area contributed by atoms with Gasteiger partial charge in [0.15, 0.2) is 11.5 Å². The zero-order valence-corrected chi connectivity index (χ0v) is 18.8. The molecule has 5 rings (SSSR count). The maximum Gasteiger partial charge on any atom is 0.231 e. The third-order valence-corrected chi connectivity index (χ3v) is 6.26. The zero-order valence-electron chi connectivity index (χ0n) is 18.8. The molecule has 2 aliphatic heterocycles. The molecule has 7 heteroatoms. The van der Waals surface area contributed by atoms with Gasteiger partial charge in [-0.25, -0.2) is 9.67 Å². The van der Waals surface area contributed by atoms with Crippen molar-refractivity contribution < 1.29 is 14.2 Å². The summed E-state index contributed by atoms with van der Waals surface area (Å²) in [5.41, 5.74) is 4.64. The Labute approximate surface area is 188 Å². The van der Waals surface area contributed by atoms with E-state index in [9.17, 15) is 0 Å². The fourth-order valence-corrected chi connectivity index (χ4v) is 4.43. The van der Waals surface area contributed by atoms with Gasteiger partial charge in [-0.1, -0.05) is 19.1 Å². The molecular weight excluding hydrogens is 404 g/mol. The summed E-state index contributed by atoms with van der Waals surface area (Å²) < 4.78 is 18.9. The maximum atomic E-state index is 6.05. The number of rotatable bonds is 8. The third kappa shape index (κ3) is 4.38. The average Bonchev–Trinajstić information content (AvgIpc) is 3.43. The molecule has 7 nitrogen and oxygen atoms in total. The van der Waals surface area contributed by atoms with E-state index in [4.69, 9.17) is 19.2 Å². The Hall–Kier alpha value is -3.22. The lowest BCUT2D eigenvalue weighted by Crippen LogP contribution is -2.14. The average molecular weight is 435 g/mol. The standard InChI is InChI=1S/C25H30N4O3/c1-3-17(19-7-9-22-23(14-19)32-16-31-22)13-21-15-24(29(2)28-21)30-12-10-20-8-6-18-5-4-11-26-25(18)27-20/h6-9,14-15,17H,3-5,10-13,16H2,1-2H3,(H,26,27). The first kappa shape index (κ1) is 20.7. The van der Waals surface area contributed by atoms with Gasteiger partial charge in [-0.15, -0.1) is 0 Å². The SMILES string of the molecule is CCC(Cc1cc(OCCc2ccc3c(n2)NCCC3)n(C)n1)c1ccc2c(c1)OCO2. The molecule has 1 aromatic carbocycles. The number of nitrogens with one attached hydrogen (secondary N) is 1. The smallest absolute Gasteiger partial charge is 0.231 e. The minimum Gasteiger partial charge on any atom is -0.477 e. The molecule has 0 saturated heterocycles. The van der Waals surface area contributed by atoms with Gasteiger partial charge < -0.3 is 19.5 Å². The van der Waals surface area contributed by atoms with Crippen LogP contribution in [0.3, 0.4) is 0 Å². The normalized spacial score (nSPS) is 15.2. The Morgan fingerprint density at radius 2 is 2.03 bits per heavy atom. The van der Waals surface area contributed by atoms with Crippen LogP contribution in [-0.2, 0) is 26.3 Å². The van der Waals surface area contributed by atoms with Crippen molar-refractivity contribution in [1.82, 2.24) is 14.8 Å². The van der Waals surface area contributed by atoms with Gasteiger partial charge in [0, 0.05) is 31.8 Å². The summed E-state index contributed by atoms with van der Waals surface area (Å²) in [7, 11) is 1.93. The van der Waals surface area contributed by atoms with Gasteiger partial charge in [-0.05, 0) is 60.9 Å². The van der Waals surface area contributed by atoms with Crippen molar-refractivity contribution in [3.8, 4) is 17.4 Å². The topological polar surface area (TPSA) is 70.4 Å². The first-order chi connectivity index (χ1) is 15.7. The summed E-state index contributed by atoms with van der Waals surface area (Å²) in [6, 6.07) is 12.6. The molecule has 2 aromatic heterocycles. The second-order valence-corrected chi connectivity index (χ2v) is 8.46. The molecule has 0 saturated carbocycles. The second kappa shape index (κ2) is 9.10. The monoisotopic (exact) mass is 434 g/mol. The first-order valence-corrected chi connectivity index (χ1v) is 11.5. The molecule has 0 radical (unpaired) electrons. The molecule has 32 heavy (non-hydrogen) atoms. The van der Waals surface area contributed by atoms with Crippen LogP contribution >= 0.6 is 0 Å². The van der Waals surface area contributed by atoms with Crippen LogP contribution < -0.4 is 19.5 Å². The number of fused-ring (bicyclic) bond motifs is 2. The van der Waals surface area contributed by atoms with E-state index in [1.165, 1.54) is 17.5 Å². The van der Waals surface area contributed by atoms with Crippen LogP contribution in [0.1, 0.15) is 48.2 Å². The highest BCUT2D eigenvalue weighted by atomic mass is 16.7. The highest BCUT2D eigenvalue weighted by Gasteiger charge is 2.19. The summed E-state index contributed by atoms with van der Waals surface area (Å²) in [5, 5.41) is 8.08. The molecule has 1 N–H and O–H groups in total. The molecule has 0 fully saturated rings. The van der Waals surface area contributed by atoms with Crippen molar-refractivity contribution in [3.63, 3.8) is 0 Å². The van der Waals surface area contributed by atoms with Crippen LogP contribution in [0.25, 0.3) is 0 Å². The van der Waals surface area contributed by atoms with Crippen LogP contribution in [-0.4, -0.2) is 34.7 Å². The quantitative estimate of drug-likeness (QED) is 0.571. The summed E-state index contributed by atoms with van der Waals surface area (Å²) in [6.45, 7) is 4.08. The lowest BCUT2D eigenvalue weighted by Gasteiger charge is -2.17. The summed E-state index contributed by atoms with van der Waals surface area (Å²) in [6.07, 6.45) is 4.92. The van der Waals surface area contributed by atoms with E-state index in [0.717, 1.165) is 66.8 Å². The molecule has 4 heterocycles. The Morgan fingerprint density at radius 3 is 2.94 bits per heavy atom. The van der Waals surface area contributed by atoms with Crippen LogP contribution in [0.4, 0.5) is 5.82 Å². The van der Waals surface area contributed by atoms with E-state index < -0.39 is 0 Å². The van der Waals surface area contributed by atoms with Crippen LogP contribution in [0.5, 0.6) is 17.4 Å². The maximum absolute atomic E-state index is 6.05. The van der Waals surface area contributed by atoms with Crippen LogP contribution in [0.2, 0.25) is 0 Å². The molecule has 0 spiro atoms. The van der Waals surface area contributed by atoms with E-state index in [-0.39, 0.29) is 0 Å². The van der Waals surface area contributed by atoms with Crippen molar-refractivity contribution in [3.05, 3.63) is 58.9 Å². The van der Waals surface area contributed by atoms with Gasteiger partial charge in [0.25, 0.3) is 0 Å². The van der Waals surface area contributed by atoms with Gasteiger partial charge in [0.05, 0.1) is 12.3 Å². The Morgan fingerprint density at radius 1 is 1.12 bits per heavy atom. The highest BCUT2D eigenvalue weighted by Crippen LogP contribution is 2.36. The molecule has 0 amide bonds. The predicted molar refractivity (Wildman–Crippen MR) is 123 cm³/mol. The number of anilines is 1. The molecule has 1 unspecified atom stereocenters. The predicted octanol–water partition coefficient (Wildman–Crippen LogP) is 4.26. The van der Waals surface area contributed by atoms with Gasteiger partial charge >= 0.3 is 0 Å². The second-order valence-electron chi connectivity index (χ2n) is 8.46. The van der Waals surface area contributed by atoms with E-state index in [0.29, 0.717) is 19.3 Å². The van der Waals surface area contributed by atoms with E-state index in [2.05, 4.69) is 47.7 Å². The van der Waals surface area contributed by atoms with Gasteiger partial charge in [0.2, 0.25) is 12.7 Å². The molecule has 0 bridgehead atoms. The van der Waals surface area contributed by atoms with Crippen molar-refractivity contribution in [2.24, 2.45) is 7.05 Å². The Bertz CT molecular complexity index is 1090. The molecule has 0 aliphatic carbocycles. The van der Waals surface area contributed by atoms with Crippen molar-refractivity contribution in [2.75, 3.05) is 25.3 Å². The number of aromatic nitrogens is 3. The summed E-state index contributed by atoms with van der Waals surface area (Å²) >= 11 is 0. The number of benzene rings is 1. The van der Waals surface area contributed by atoms with Crippen molar-refractivity contribution >= 4 is 5.82 Å². The zero-order chi connectivity index (χ0) is 21.9. The number of ether oxygens (including phenoxy) is 3. The summed E-state index contributed by atoms with van der Waals surface area (Å²) in [4.78, 5) is 4.75. The van der Waals surface area contributed by atoms with Gasteiger partial charge in [-0.2, -0.15) is 5.10 Å². The van der Waals surface area contributed by atoms with Gasteiger partial charge in [-0.3, -0.25) is 0 Å². The lowest BCUT2D eigenvalue weighted by molar-refractivity contribution is 0.174. The Balaban J connectivity index is 1.20. The minimum atomic E-state index is 0.300. The Kier molecular flexibility index (Phi) is 5.88. The largest absolute Gasteiger partial charge is 0.477 e. The fraction of sp³-hybridized carbons (Fsp3) is 0.440. The van der Waals surface area contributed by atoms with Crippen molar-refractivity contribution in [1.29, 1.82) is 0 Å². The number of hydrogen-bond donors (Lipinski definition) is 1. The van der Waals surface area contributed by atoms with Crippen LogP contribution in [0, 0.1) is 0 Å². The molecule has 1 atom stereocenters. The van der Waals surface area contributed by atoms with E-state index in [1.807, 2.05) is 17.8 Å². The third-order valence-electron chi connectivity index (χ3n) is 6.26. The number of nitrogens with zero attached hydrogens (tertiary/aromatic N) is 3. The number of hydrogen-bond acceptors (Lipinski definition) is 6. The lowest BCUT2D eigenvalue weighted by atomic mass is 9.91. The molecular formula is C25H30N4O3. The van der Waals surface area contributed by atoms with Gasteiger partial charge in [0.1, 0.15) is 5.82 Å². The van der Waals surface area contributed by atoms with Crippen LogP contribution in [0.15, 0.2) is 36.4 Å². The fourth-order valence-electron chi connectivity index (χ4n) is 4.43. The molecule has 168 valence electrons. The minimum absolute atomic E-state index is 0.300. The number of pyridine rings is 1. The molecule has 2 aliphatic rings. The highest BCUT2D eigenvalue weighted by molar-refractivity contribution is 5.47. The van der Waals surface area contributed by atoms with E-state index in [1.54, 1.807) is 0 Å².